The number of hydrogen-bond acceptors (Lipinski definition) is 1. The highest BCUT2D eigenvalue weighted by atomic mass is 19.1. The van der Waals surface area contributed by atoms with Crippen LogP contribution in [0.5, 0.6) is 0 Å². The van der Waals surface area contributed by atoms with Gasteiger partial charge in [-0.15, -0.1) is 0 Å². The minimum absolute atomic E-state index is 0.235. The van der Waals surface area contributed by atoms with Crippen molar-refractivity contribution in [2.24, 2.45) is 0 Å². The molecule has 1 radical (unpaired) electrons. The largest absolute Gasteiger partial charge is 0.382 e. The standard InChI is InChI=1S/C9H11FN/c1-2-7-11-9-6-4-3-5-8(9)10/h3-5,11H,2,7H2,1H3. The fourth-order valence-electron chi connectivity index (χ4n) is 0.802. The highest BCUT2D eigenvalue weighted by Gasteiger charge is 1.96. The fraction of sp³-hybridized carbons (Fsp3) is 0.333. The topological polar surface area (TPSA) is 12.0 Å². The van der Waals surface area contributed by atoms with Crippen molar-refractivity contribution in [3.8, 4) is 0 Å². The number of para-hydroxylation sites is 1. The Morgan fingerprint density at radius 1 is 1.64 bits per heavy atom. The van der Waals surface area contributed by atoms with Crippen molar-refractivity contribution in [3.63, 3.8) is 0 Å². The lowest BCUT2D eigenvalue weighted by Gasteiger charge is -2.03. The number of anilines is 1. The number of hydrogen-bond donors (Lipinski definition) is 1. The SMILES string of the molecule is CCCNc1[c]cccc1F. The molecule has 0 saturated heterocycles. The number of rotatable bonds is 3. The molecule has 0 aromatic heterocycles. The molecule has 0 aliphatic carbocycles. The Hall–Kier alpha value is -1.05. The van der Waals surface area contributed by atoms with E-state index in [9.17, 15) is 4.39 Å². The zero-order valence-corrected chi connectivity index (χ0v) is 6.52. The Morgan fingerprint density at radius 3 is 3.09 bits per heavy atom. The fourth-order valence-corrected chi connectivity index (χ4v) is 0.802. The van der Waals surface area contributed by atoms with Crippen LogP contribution in [0.3, 0.4) is 0 Å². The summed E-state index contributed by atoms with van der Waals surface area (Å²) in [7, 11) is 0. The first-order valence-electron chi connectivity index (χ1n) is 3.74. The lowest BCUT2D eigenvalue weighted by molar-refractivity contribution is 0.629. The highest BCUT2D eigenvalue weighted by molar-refractivity contribution is 5.42. The second-order valence-electron chi connectivity index (χ2n) is 2.32. The van der Waals surface area contributed by atoms with Gasteiger partial charge in [0.1, 0.15) is 5.82 Å². The van der Waals surface area contributed by atoms with E-state index in [2.05, 4.69) is 11.4 Å². The molecule has 59 valence electrons. The molecule has 0 unspecified atom stereocenters. The van der Waals surface area contributed by atoms with Crippen LogP contribution in [0.15, 0.2) is 18.2 Å². The molecule has 0 fully saturated rings. The van der Waals surface area contributed by atoms with Gasteiger partial charge in [-0.25, -0.2) is 4.39 Å². The van der Waals surface area contributed by atoms with Crippen LogP contribution in [0, 0.1) is 11.9 Å². The van der Waals surface area contributed by atoms with Gasteiger partial charge in [-0.05, 0) is 12.5 Å². The first kappa shape index (κ1) is 8.05. The van der Waals surface area contributed by atoms with E-state index in [0.29, 0.717) is 5.69 Å². The van der Waals surface area contributed by atoms with Crippen molar-refractivity contribution in [3.05, 3.63) is 30.1 Å². The molecule has 0 saturated carbocycles. The average molecular weight is 152 g/mol. The Balaban J connectivity index is 2.62. The molecule has 0 heterocycles. The van der Waals surface area contributed by atoms with Gasteiger partial charge in [0.15, 0.2) is 0 Å². The molecule has 2 heteroatoms. The molecule has 0 bridgehead atoms. The third-order valence-corrected chi connectivity index (χ3v) is 1.36. The summed E-state index contributed by atoms with van der Waals surface area (Å²) >= 11 is 0. The van der Waals surface area contributed by atoms with E-state index in [1.165, 1.54) is 6.07 Å². The quantitative estimate of drug-likeness (QED) is 0.701. The smallest absolute Gasteiger partial charge is 0.146 e. The van der Waals surface area contributed by atoms with Crippen LogP contribution in [-0.4, -0.2) is 6.54 Å². The van der Waals surface area contributed by atoms with E-state index in [1.54, 1.807) is 12.1 Å². The zero-order valence-electron chi connectivity index (χ0n) is 6.52. The summed E-state index contributed by atoms with van der Waals surface area (Å²) < 4.78 is 12.8. The van der Waals surface area contributed by atoms with Crippen molar-refractivity contribution >= 4 is 5.69 Å². The predicted octanol–water partition coefficient (Wildman–Crippen LogP) is 2.45. The Bertz CT molecular complexity index is 223. The molecule has 11 heavy (non-hydrogen) atoms. The van der Waals surface area contributed by atoms with Crippen LogP contribution in [0.1, 0.15) is 13.3 Å². The van der Waals surface area contributed by atoms with Crippen molar-refractivity contribution in [2.45, 2.75) is 13.3 Å². The lowest BCUT2D eigenvalue weighted by Crippen LogP contribution is -2.01. The molecule has 0 spiro atoms. The first-order chi connectivity index (χ1) is 5.34. The minimum Gasteiger partial charge on any atom is -0.382 e. The number of benzene rings is 1. The second-order valence-corrected chi connectivity index (χ2v) is 2.32. The summed E-state index contributed by atoms with van der Waals surface area (Å²) in [6.45, 7) is 2.82. The van der Waals surface area contributed by atoms with Gasteiger partial charge in [0.25, 0.3) is 0 Å². The van der Waals surface area contributed by atoms with Crippen molar-refractivity contribution in [1.82, 2.24) is 0 Å². The summed E-state index contributed by atoms with van der Waals surface area (Å²) in [5.41, 5.74) is 0.467. The van der Waals surface area contributed by atoms with E-state index in [4.69, 9.17) is 0 Å². The molecular weight excluding hydrogens is 141 g/mol. The maximum atomic E-state index is 12.8. The monoisotopic (exact) mass is 152 g/mol. The average Bonchev–Trinajstić information content (AvgIpc) is 2.03. The third kappa shape index (κ3) is 2.22. The summed E-state index contributed by atoms with van der Waals surface area (Å²) in [6.07, 6.45) is 0.988. The van der Waals surface area contributed by atoms with E-state index < -0.39 is 0 Å². The summed E-state index contributed by atoms with van der Waals surface area (Å²) in [5, 5.41) is 2.93. The molecule has 1 aromatic carbocycles. The van der Waals surface area contributed by atoms with E-state index in [0.717, 1.165) is 13.0 Å². The molecule has 1 aromatic rings. The molecule has 0 aliphatic heterocycles. The van der Waals surface area contributed by atoms with Gasteiger partial charge in [-0.1, -0.05) is 19.1 Å². The van der Waals surface area contributed by atoms with Crippen molar-refractivity contribution < 1.29 is 4.39 Å². The van der Waals surface area contributed by atoms with E-state index in [1.807, 2.05) is 6.92 Å². The van der Waals surface area contributed by atoms with Gasteiger partial charge in [-0.3, -0.25) is 0 Å². The van der Waals surface area contributed by atoms with Crippen LogP contribution in [0.25, 0.3) is 0 Å². The number of nitrogens with one attached hydrogen (secondary N) is 1. The Labute approximate surface area is 66.2 Å². The molecule has 1 N–H and O–H groups in total. The third-order valence-electron chi connectivity index (χ3n) is 1.36. The molecule has 0 amide bonds. The maximum absolute atomic E-state index is 12.8. The summed E-state index contributed by atoms with van der Waals surface area (Å²) in [4.78, 5) is 0. The highest BCUT2D eigenvalue weighted by Crippen LogP contribution is 2.10. The van der Waals surface area contributed by atoms with Crippen LogP contribution < -0.4 is 5.32 Å². The van der Waals surface area contributed by atoms with Gasteiger partial charge in [0, 0.05) is 12.6 Å². The van der Waals surface area contributed by atoms with Crippen LogP contribution >= 0.6 is 0 Å². The molecule has 0 aliphatic rings. The van der Waals surface area contributed by atoms with Gasteiger partial charge < -0.3 is 5.32 Å². The van der Waals surface area contributed by atoms with E-state index in [-0.39, 0.29) is 5.82 Å². The molecule has 1 nitrogen and oxygen atoms in total. The minimum atomic E-state index is -0.235. The molecule has 1 rings (SSSR count). The number of halogens is 1. The second kappa shape index (κ2) is 3.96. The summed E-state index contributed by atoms with van der Waals surface area (Å²) in [6, 6.07) is 7.54. The van der Waals surface area contributed by atoms with Crippen molar-refractivity contribution in [2.75, 3.05) is 11.9 Å². The molecular formula is C9H11FN. The van der Waals surface area contributed by atoms with Gasteiger partial charge in [-0.2, -0.15) is 0 Å². The summed E-state index contributed by atoms with van der Waals surface area (Å²) in [5.74, 6) is -0.235. The zero-order chi connectivity index (χ0) is 8.10. The maximum Gasteiger partial charge on any atom is 0.146 e. The van der Waals surface area contributed by atoms with Crippen LogP contribution in [0.4, 0.5) is 10.1 Å². The lowest BCUT2D eigenvalue weighted by atomic mass is 10.3. The Kier molecular flexibility index (Phi) is 2.90. The van der Waals surface area contributed by atoms with Crippen molar-refractivity contribution in [1.29, 1.82) is 0 Å². The van der Waals surface area contributed by atoms with Crippen LogP contribution in [-0.2, 0) is 0 Å². The van der Waals surface area contributed by atoms with Gasteiger partial charge in [0.05, 0.1) is 5.69 Å². The molecule has 0 atom stereocenters. The van der Waals surface area contributed by atoms with E-state index >= 15 is 0 Å². The first-order valence-corrected chi connectivity index (χ1v) is 3.74. The Morgan fingerprint density at radius 2 is 2.45 bits per heavy atom. The van der Waals surface area contributed by atoms with Gasteiger partial charge in [0.2, 0.25) is 0 Å². The van der Waals surface area contributed by atoms with Gasteiger partial charge >= 0.3 is 0 Å². The van der Waals surface area contributed by atoms with Crippen LogP contribution in [0.2, 0.25) is 0 Å². The predicted molar refractivity (Wildman–Crippen MR) is 44.0 cm³/mol. The normalized spacial score (nSPS) is 9.64.